The zero-order chi connectivity index (χ0) is 19.5. The van der Waals surface area contributed by atoms with Crippen LogP contribution in [0.4, 0.5) is 0 Å². The van der Waals surface area contributed by atoms with Crippen LogP contribution in [0.15, 0.2) is 84.9 Å². The van der Waals surface area contributed by atoms with Gasteiger partial charge in [-0.1, -0.05) is 60.1 Å². The molecule has 0 bridgehead atoms. The molecule has 0 aliphatic carbocycles. The number of aromatic nitrogens is 3. The molecule has 0 aliphatic heterocycles. The van der Waals surface area contributed by atoms with Crippen molar-refractivity contribution in [3.05, 3.63) is 100 Å². The van der Waals surface area contributed by atoms with E-state index in [1.807, 2.05) is 65.2 Å². The van der Waals surface area contributed by atoms with Gasteiger partial charge in [0, 0.05) is 21.8 Å². The highest BCUT2D eigenvalue weighted by atomic mass is 35.5. The fraction of sp³-hybridized carbons (Fsp3) is 0.0455. The van der Waals surface area contributed by atoms with E-state index in [0.29, 0.717) is 21.2 Å². The maximum absolute atomic E-state index is 12.7. The summed E-state index contributed by atoms with van der Waals surface area (Å²) in [5.74, 6) is 0.616. The van der Waals surface area contributed by atoms with Crippen molar-refractivity contribution in [1.82, 2.24) is 14.3 Å². The molecule has 0 fully saturated rings. The van der Waals surface area contributed by atoms with Crippen LogP contribution in [-0.2, 0) is 6.54 Å². The van der Waals surface area contributed by atoms with Crippen LogP contribution in [-0.4, -0.2) is 20.1 Å². The molecular weight excluding hydrogens is 390 g/mol. The van der Waals surface area contributed by atoms with Crippen LogP contribution < -0.4 is 0 Å². The fourth-order valence-corrected chi connectivity index (χ4v) is 3.38. The van der Waals surface area contributed by atoms with Crippen molar-refractivity contribution < 1.29 is 4.79 Å². The number of halogens is 1. The first kappa shape index (κ1) is 18.3. The summed E-state index contributed by atoms with van der Waals surface area (Å²) in [4.78, 5) is 12.7. The molecule has 4 nitrogen and oxygen atoms in total. The van der Waals surface area contributed by atoms with E-state index in [-0.39, 0.29) is 12.3 Å². The number of para-hydroxylation sites is 1. The topological polar surface area (TPSA) is 39.8 Å². The van der Waals surface area contributed by atoms with E-state index in [0.717, 1.165) is 11.3 Å². The minimum atomic E-state index is -0.0786. The van der Waals surface area contributed by atoms with Gasteiger partial charge in [-0.2, -0.15) is 5.10 Å². The van der Waals surface area contributed by atoms with Crippen molar-refractivity contribution in [3.8, 4) is 17.1 Å². The van der Waals surface area contributed by atoms with E-state index in [1.54, 1.807) is 28.9 Å². The standard InChI is InChI=1S/C22H16ClN3OS/c23-18-13-11-16(12-14-18)20(27)15-25-22(28)26(19-9-5-2-6-10-19)21(24-25)17-7-3-1-4-8-17/h1-14H,15H2. The van der Waals surface area contributed by atoms with E-state index >= 15 is 0 Å². The van der Waals surface area contributed by atoms with E-state index in [9.17, 15) is 4.79 Å². The van der Waals surface area contributed by atoms with Crippen molar-refractivity contribution in [2.24, 2.45) is 0 Å². The van der Waals surface area contributed by atoms with Crippen LogP contribution in [0.5, 0.6) is 0 Å². The second kappa shape index (κ2) is 7.92. The second-order valence-electron chi connectivity index (χ2n) is 6.23. The predicted octanol–water partition coefficient (Wildman–Crippen LogP) is 5.61. The monoisotopic (exact) mass is 405 g/mol. The molecule has 0 radical (unpaired) electrons. The molecule has 4 rings (SSSR count). The van der Waals surface area contributed by atoms with Gasteiger partial charge in [-0.15, -0.1) is 0 Å². The lowest BCUT2D eigenvalue weighted by Crippen LogP contribution is -2.12. The van der Waals surface area contributed by atoms with Crippen LogP contribution in [0.2, 0.25) is 5.02 Å². The first-order valence-electron chi connectivity index (χ1n) is 8.73. The summed E-state index contributed by atoms with van der Waals surface area (Å²) < 4.78 is 3.92. The number of hydrogen-bond acceptors (Lipinski definition) is 3. The molecule has 1 aromatic heterocycles. The third-order valence-electron chi connectivity index (χ3n) is 4.35. The Kier molecular flexibility index (Phi) is 5.19. The van der Waals surface area contributed by atoms with Gasteiger partial charge in [0.05, 0.1) is 0 Å². The number of hydrogen-bond donors (Lipinski definition) is 0. The number of ketones is 1. The van der Waals surface area contributed by atoms with Gasteiger partial charge in [-0.25, -0.2) is 4.68 Å². The maximum Gasteiger partial charge on any atom is 0.203 e. The molecule has 0 amide bonds. The second-order valence-corrected chi connectivity index (χ2v) is 7.03. The smallest absolute Gasteiger partial charge is 0.203 e. The molecule has 0 saturated carbocycles. The van der Waals surface area contributed by atoms with E-state index in [4.69, 9.17) is 23.8 Å². The lowest BCUT2D eigenvalue weighted by atomic mass is 10.1. The van der Waals surface area contributed by atoms with Crippen LogP contribution in [0.3, 0.4) is 0 Å². The molecule has 0 N–H and O–H groups in total. The highest BCUT2D eigenvalue weighted by molar-refractivity contribution is 7.71. The van der Waals surface area contributed by atoms with Crippen LogP contribution in [0.25, 0.3) is 17.1 Å². The molecule has 0 aliphatic rings. The Morgan fingerprint density at radius 2 is 1.50 bits per heavy atom. The first-order valence-corrected chi connectivity index (χ1v) is 9.51. The summed E-state index contributed by atoms with van der Waals surface area (Å²) in [6.45, 7) is 0.0557. The first-order chi connectivity index (χ1) is 13.6. The van der Waals surface area contributed by atoms with E-state index in [2.05, 4.69) is 5.10 Å². The number of benzene rings is 3. The molecule has 1 heterocycles. The molecule has 3 aromatic carbocycles. The van der Waals surface area contributed by atoms with Gasteiger partial charge in [0.1, 0.15) is 6.54 Å². The molecule has 28 heavy (non-hydrogen) atoms. The van der Waals surface area contributed by atoms with Crippen LogP contribution >= 0.6 is 23.8 Å². The summed E-state index contributed by atoms with van der Waals surface area (Å²) in [7, 11) is 0. The van der Waals surface area contributed by atoms with E-state index < -0.39 is 0 Å². The Morgan fingerprint density at radius 1 is 0.893 bits per heavy atom. The lowest BCUT2D eigenvalue weighted by Gasteiger charge is -2.06. The molecule has 0 spiro atoms. The predicted molar refractivity (Wildman–Crippen MR) is 114 cm³/mol. The highest BCUT2D eigenvalue weighted by Crippen LogP contribution is 2.22. The Morgan fingerprint density at radius 3 is 2.14 bits per heavy atom. The van der Waals surface area contributed by atoms with Crippen molar-refractivity contribution in [2.45, 2.75) is 6.54 Å². The number of nitrogens with zero attached hydrogens (tertiary/aromatic N) is 3. The summed E-state index contributed by atoms with van der Waals surface area (Å²) in [6.07, 6.45) is 0. The van der Waals surface area contributed by atoms with Crippen molar-refractivity contribution in [3.63, 3.8) is 0 Å². The normalized spacial score (nSPS) is 10.8. The average molecular weight is 406 g/mol. The van der Waals surface area contributed by atoms with Crippen molar-refractivity contribution in [2.75, 3.05) is 0 Å². The van der Waals surface area contributed by atoms with Gasteiger partial charge in [0.15, 0.2) is 11.6 Å². The fourth-order valence-electron chi connectivity index (χ4n) is 2.96. The largest absolute Gasteiger partial charge is 0.292 e. The number of Topliss-reactive ketones (excluding diaryl/α,β-unsaturated/α-hetero) is 1. The molecule has 4 aromatic rings. The number of carbonyl (C=O) groups is 1. The Balaban J connectivity index is 1.79. The van der Waals surface area contributed by atoms with Crippen molar-refractivity contribution >= 4 is 29.6 Å². The van der Waals surface area contributed by atoms with Gasteiger partial charge in [-0.3, -0.25) is 9.36 Å². The zero-order valence-corrected chi connectivity index (χ0v) is 16.4. The quantitative estimate of drug-likeness (QED) is 0.320. The molecule has 0 unspecified atom stereocenters. The maximum atomic E-state index is 12.7. The number of rotatable bonds is 5. The Labute approximate surface area is 172 Å². The average Bonchev–Trinajstić information content (AvgIpc) is 3.06. The van der Waals surface area contributed by atoms with Crippen LogP contribution in [0.1, 0.15) is 10.4 Å². The van der Waals surface area contributed by atoms with E-state index in [1.165, 1.54) is 0 Å². The minimum Gasteiger partial charge on any atom is -0.292 e. The van der Waals surface area contributed by atoms with Gasteiger partial charge in [-0.05, 0) is 48.6 Å². The van der Waals surface area contributed by atoms with Gasteiger partial charge in [0.25, 0.3) is 0 Å². The third kappa shape index (κ3) is 3.67. The Hall–Kier alpha value is -3.02. The molecule has 0 atom stereocenters. The molecule has 138 valence electrons. The third-order valence-corrected chi connectivity index (χ3v) is 4.99. The molecule has 6 heteroatoms. The lowest BCUT2D eigenvalue weighted by molar-refractivity contribution is 0.0967. The summed E-state index contributed by atoms with van der Waals surface area (Å²) in [5.41, 5.74) is 2.40. The Bertz CT molecular complexity index is 1170. The van der Waals surface area contributed by atoms with Gasteiger partial charge >= 0.3 is 0 Å². The SMILES string of the molecule is O=C(Cn1nc(-c2ccccc2)n(-c2ccccc2)c1=S)c1ccc(Cl)cc1. The summed E-state index contributed by atoms with van der Waals surface area (Å²) >= 11 is 11.6. The van der Waals surface area contributed by atoms with Gasteiger partial charge in [0.2, 0.25) is 4.77 Å². The van der Waals surface area contributed by atoms with Crippen molar-refractivity contribution in [1.29, 1.82) is 0 Å². The zero-order valence-electron chi connectivity index (χ0n) is 14.8. The molecule has 0 saturated heterocycles. The number of carbonyl (C=O) groups excluding carboxylic acids is 1. The summed E-state index contributed by atoms with van der Waals surface area (Å²) in [5, 5.41) is 5.26. The summed E-state index contributed by atoms with van der Waals surface area (Å²) in [6, 6.07) is 26.4. The molecular formula is C22H16ClN3OS. The highest BCUT2D eigenvalue weighted by Gasteiger charge is 2.16. The minimum absolute atomic E-state index is 0.0557. The van der Waals surface area contributed by atoms with Crippen LogP contribution in [0, 0.1) is 4.77 Å². The van der Waals surface area contributed by atoms with Gasteiger partial charge < -0.3 is 0 Å².